The first-order valence-electron chi connectivity index (χ1n) is 7.24. The highest BCUT2D eigenvalue weighted by Gasteiger charge is 2.27. The molecule has 0 aromatic rings. The molecule has 2 aliphatic heterocycles. The normalized spacial score (nSPS) is 41.8. The summed E-state index contributed by atoms with van der Waals surface area (Å²) in [5.74, 6) is 0.760. The second-order valence-electron chi connectivity index (χ2n) is 6.06. The summed E-state index contributed by atoms with van der Waals surface area (Å²) in [7, 11) is 0. The van der Waals surface area contributed by atoms with Gasteiger partial charge in [-0.05, 0) is 52.1 Å². The van der Waals surface area contributed by atoms with Crippen molar-refractivity contribution in [3.8, 4) is 0 Å². The lowest BCUT2D eigenvalue weighted by molar-refractivity contribution is -0.0223. The summed E-state index contributed by atoms with van der Waals surface area (Å²) in [5, 5.41) is 3.62. The molecule has 2 fully saturated rings. The molecule has 0 aromatic heterocycles. The van der Waals surface area contributed by atoms with Crippen molar-refractivity contribution >= 4 is 0 Å². The molecule has 2 aliphatic rings. The highest BCUT2D eigenvalue weighted by atomic mass is 16.5. The summed E-state index contributed by atoms with van der Waals surface area (Å²) in [6.07, 6.45) is 4.16. The fourth-order valence-corrected chi connectivity index (χ4v) is 3.06. The van der Waals surface area contributed by atoms with Gasteiger partial charge in [0.25, 0.3) is 0 Å². The van der Waals surface area contributed by atoms with E-state index < -0.39 is 0 Å². The van der Waals surface area contributed by atoms with Gasteiger partial charge in [-0.2, -0.15) is 0 Å². The first kappa shape index (κ1) is 13.3. The lowest BCUT2D eigenvalue weighted by atomic mass is 9.98. The zero-order valence-corrected chi connectivity index (χ0v) is 11.6. The molecule has 0 amide bonds. The maximum Gasteiger partial charge on any atom is 0.0561 e. The average Bonchev–Trinajstić information content (AvgIpc) is 2.29. The van der Waals surface area contributed by atoms with E-state index in [0.29, 0.717) is 12.1 Å². The highest BCUT2D eigenvalue weighted by molar-refractivity contribution is 4.82. The minimum atomic E-state index is 0.449. The molecule has 0 aliphatic carbocycles. The van der Waals surface area contributed by atoms with E-state index in [9.17, 15) is 0 Å². The van der Waals surface area contributed by atoms with Crippen LogP contribution in [0.3, 0.4) is 0 Å². The summed E-state index contributed by atoms with van der Waals surface area (Å²) in [6, 6.07) is 1.42. The molecule has 0 bridgehead atoms. The number of ether oxygens (including phenoxy) is 1. The molecule has 2 heterocycles. The monoisotopic (exact) mass is 240 g/mol. The van der Waals surface area contributed by atoms with Crippen LogP contribution in [-0.2, 0) is 4.74 Å². The van der Waals surface area contributed by atoms with Crippen molar-refractivity contribution in [3.05, 3.63) is 0 Å². The minimum absolute atomic E-state index is 0.449. The lowest BCUT2D eigenvalue weighted by Crippen LogP contribution is -2.48. The second-order valence-corrected chi connectivity index (χ2v) is 6.06. The third-order valence-electron chi connectivity index (χ3n) is 4.18. The van der Waals surface area contributed by atoms with Gasteiger partial charge in [0, 0.05) is 25.2 Å². The fraction of sp³-hybridized carbons (Fsp3) is 1.00. The van der Waals surface area contributed by atoms with Crippen molar-refractivity contribution in [3.63, 3.8) is 0 Å². The van der Waals surface area contributed by atoms with Gasteiger partial charge >= 0.3 is 0 Å². The van der Waals surface area contributed by atoms with Crippen molar-refractivity contribution < 1.29 is 4.74 Å². The first-order chi connectivity index (χ1) is 8.15. The van der Waals surface area contributed by atoms with Gasteiger partial charge in [-0.1, -0.05) is 6.92 Å². The van der Waals surface area contributed by atoms with Gasteiger partial charge in [0.2, 0.25) is 0 Å². The van der Waals surface area contributed by atoms with Crippen LogP contribution in [0.15, 0.2) is 0 Å². The molecule has 100 valence electrons. The number of rotatable bonds is 1. The Morgan fingerprint density at radius 3 is 2.76 bits per heavy atom. The zero-order chi connectivity index (χ0) is 12.3. The molecule has 2 rings (SSSR count). The predicted molar refractivity (Wildman–Crippen MR) is 71.3 cm³/mol. The molecule has 0 aromatic carbocycles. The van der Waals surface area contributed by atoms with Gasteiger partial charge in [0.15, 0.2) is 0 Å². The molecule has 0 saturated carbocycles. The SMILES string of the molecule is CC1CNC(C)CCN(C2CCOC(C)C2)C1. The van der Waals surface area contributed by atoms with Crippen LogP contribution in [-0.4, -0.2) is 49.3 Å². The van der Waals surface area contributed by atoms with Gasteiger partial charge in [-0.25, -0.2) is 0 Å². The number of hydrogen-bond donors (Lipinski definition) is 1. The van der Waals surface area contributed by atoms with E-state index in [-0.39, 0.29) is 0 Å². The van der Waals surface area contributed by atoms with Gasteiger partial charge in [-0.3, -0.25) is 4.90 Å². The summed E-state index contributed by atoms with van der Waals surface area (Å²) in [4.78, 5) is 2.72. The first-order valence-corrected chi connectivity index (χ1v) is 7.24. The van der Waals surface area contributed by atoms with Crippen molar-refractivity contribution in [2.24, 2.45) is 5.92 Å². The van der Waals surface area contributed by atoms with E-state index in [0.717, 1.165) is 25.1 Å². The van der Waals surface area contributed by atoms with E-state index >= 15 is 0 Å². The van der Waals surface area contributed by atoms with Crippen LogP contribution in [0.25, 0.3) is 0 Å². The lowest BCUT2D eigenvalue weighted by Gasteiger charge is -2.40. The van der Waals surface area contributed by atoms with Crippen LogP contribution in [0.5, 0.6) is 0 Å². The van der Waals surface area contributed by atoms with E-state index in [4.69, 9.17) is 4.74 Å². The average molecular weight is 240 g/mol. The number of hydrogen-bond acceptors (Lipinski definition) is 3. The zero-order valence-electron chi connectivity index (χ0n) is 11.6. The maximum absolute atomic E-state index is 5.66. The molecule has 17 heavy (non-hydrogen) atoms. The third kappa shape index (κ3) is 3.94. The second kappa shape index (κ2) is 6.17. The summed E-state index contributed by atoms with van der Waals surface area (Å²) < 4.78 is 5.66. The molecule has 3 nitrogen and oxygen atoms in total. The van der Waals surface area contributed by atoms with Crippen LogP contribution in [0.1, 0.15) is 40.0 Å². The Morgan fingerprint density at radius 1 is 1.18 bits per heavy atom. The predicted octanol–water partition coefficient (Wildman–Crippen LogP) is 1.87. The Hall–Kier alpha value is -0.120. The molecule has 3 heteroatoms. The van der Waals surface area contributed by atoms with Gasteiger partial charge in [-0.15, -0.1) is 0 Å². The Kier molecular flexibility index (Phi) is 4.83. The molecule has 4 unspecified atom stereocenters. The summed E-state index contributed by atoms with van der Waals surface area (Å²) in [6.45, 7) is 11.5. The van der Waals surface area contributed by atoms with E-state index in [1.54, 1.807) is 0 Å². The highest BCUT2D eigenvalue weighted by Crippen LogP contribution is 2.21. The largest absolute Gasteiger partial charge is 0.378 e. The maximum atomic E-state index is 5.66. The van der Waals surface area contributed by atoms with Crippen LogP contribution in [0, 0.1) is 5.92 Å². The quantitative estimate of drug-likeness (QED) is 0.757. The molecule has 2 saturated heterocycles. The smallest absolute Gasteiger partial charge is 0.0561 e. The van der Waals surface area contributed by atoms with Crippen molar-refractivity contribution in [2.45, 2.75) is 58.2 Å². The standard InChI is InChI=1S/C14H28N2O/c1-11-9-15-12(2)4-6-16(10-11)14-5-7-17-13(3)8-14/h11-15H,4-10H2,1-3H3. The van der Waals surface area contributed by atoms with Crippen LogP contribution < -0.4 is 5.32 Å². The summed E-state index contributed by atoms with van der Waals surface area (Å²) in [5.41, 5.74) is 0. The molecule has 1 N–H and O–H groups in total. The van der Waals surface area contributed by atoms with Crippen LogP contribution >= 0.6 is 0 Å². The topological polar surface area (TPSA) is 24.5 Å². The molecular weight excluding hydrogens is 212 g/mol. The Bertz CT molecular complexity index is 234. The van der Waals surface area contributed by atoms with Crippen LogP contribution in [0.2, 0.25) is 0 Å². The third-order valence-corrected chi connectivity index (χ3v) is 4.18. The van der Waals surface area contributed by atoms with E-state index in [2.05, 4.69) is 31.0 Å². The number of nitrogens with zero attached hydrogens (tertiary/aromatic N) is 1. The molecule has 4 atom stereocenters. The van der Waals surface area contributed by atoms with Crippen molar-refractivity contribution in [2.75, 3.05) is 26.2 Å². The van der Waals surface area contributed by atoms with Crippen molar-refractivity contribution in [1.82, 2.24) is 10.2 Å². The van der Waals surface area contributed by atoms with E-state index in [1.165, 1.54) is 32.4 Å². The van der Waals surface area contributed by atoms with Gasteiger partial charge < -0.3 is 10.1 Å². The number of nitrogens with one attached hydrogen (secondary N) is 1. The fourth-order valence-electron chi connectivity index (χ4n) is 3.06. The van der Waals surface area contributed by atoms with Crippen LogP contribution in [0.4, 0.5) is 0 Å². The molecule has 0 radical (unpaired) electrons. The molecular formula is C14H28N2O. The van der Waals surface area contributed by atoms with Gasteiger partial charge in [0.1, 0.15) is 0 Å². The Labute approximate surface area is 106 Å². The van der Waals surface area contributed by atoms with Crippen molar-refractivity contribution in [1.29, 1.82) is 0 Å². The minimum Gasteiger partial charge on any atom is -0.378 e. The van der Waals surface area contributed by atoms with Gasteiger partial charge in [0.05, 0.1) is 6.10 Å². The Balaban J connectivity index is 1.92. The molecule has 0 spiro atoms. The Morgan fingerprint density at radius 2 is 2.00 bits per heavy atom. The van der Waals surface area contributed by atoms with E-state index in [1.807, 2.05) is 0 Å². The summed E-state index contributed by atoms with van der Waals surface area (Å²) >= 11 is 0.